The van der Waals surface area contributed by atoms with E-state index in [-0.39, 0.29) is 30.6 Å². The summed E-state index contributed by atoms with van der Waals surface area (Å²) in [6.07, 6.45) is 0. The van der Waals surface area contributed by atoms with Crippen molar-refractivity contribution in [1.29, 1.82) is 0 Å². The average molecular weight is 347 g/mol. The monoisotopic (exact) mass is 347 g/mol. The fourth-order valence-electron chi connectivity index (χ4n) is 2.69. The van der Waals surface area contributed by atoms with Crippen molar-refractivity contribution < 1.29 is 28.6 Å². The van der Waals surface area contributed by atoms with Gasteiger partial charge in [0, 0.05) is 17.9 Å². The van der Waals surface area contributed by atoms with Gasteiger partial charge in [-0.25, -0.2) is 14.4 Å². The molecule has 0 bridgehead atoms. The van der Waals surface area contributed by atoms with Crippen LogP contribution in [0.3, 0.4) is 0 Å². The molecule has 2 aliphatic rings. The Balaban J connectivity index is 2.05. The van der Waals surface area contributed by atoms with Crippen LogP contribution >= 0.6 is 0 Å². The van der Waals surface area contributed by atoms with Crippen molar-refractivity contribution in [2.24, 2.45) is 0 Å². The van der Waals surface area contributed by atoms with E-state index >= 15 is 0 Å². The highest BCUT2D eigenvalue weighted by Crippen LogP contribution is 2.31. The second kappa shape index (κ2) is 6.81. The van der Waals surface area contributed by atoms with Crippen LogP contribution in [0.25, 0.3) is 0 Å². The van der Waals surface area contributed by atoms with Gasteiger partial charge in [-0.05, 0) is 17.7 Å². The molecular formula is C16H17N3O6. The molecule has 3 rings (SSSR count). The number of amides is 2. The van der Waals surface area contributed by atoms with E-state index in [4.69, 9.17) is 14.2 Å². The van der Waals surface area contributed by atoms with E-state index in [9.17, 15) is 14.4 Å². The summed E-state index contributed by atoms with van der Waals surface area (Å²) >= 11 is 0. The van der Waals surface area contributed by atoms with Crippen LogP contribution in [0.4, 0.5) is 16.2 Å². The highest BCUT2D eigenvalue weighted by atomic mass is 16.5. The van der Waals surface area contributed by atoms with Gasteiger partial charge in [0.2, 0.25) is 0 Å². The number of rotatable bonds is 3. The Bertz CT molecular complexity index is 773. The highest BCUT2D eigenvalue weighted by molar-refractivity contribution is 6.03. The molecule has 9 heteroatoms. The molecule has 2 N–H and O–H groups in total. The number of anilines is 2. The number of fused-ring (bicyclic) bond motifs is 1. The first-order chi connectivity index (χ1) is 12.0. The number of carbonyl (C=O) groups is 3. The molecule has 0 atom stereocenters. The lowest BCUT2D eigenvalue weighted by Gasteiger charge is -2.32. The SMILES string of the molecule is COC(=O)C1=C(C(=O)OC)N(c2ccc3c(c2)NC(=O)NC3)COC1. The van der Waals surface area contributed by atoms with Gasteiger partial charge < -0.3 is 29.7 Å². The van der Waals surface area contributed by atoms with Crippen LogP contribution in [0, 0.1) is 0 Å². The van der Waals surface area contributed by atoms with Crippen molar-refractivity contribution in [2.45, 2.75) is 6.54 Å². The Kier molecular flexibility index (Phi) is 4.57. The van der Waals surface area contributed by atoms with E-state index in [1.54, 1.807) is 12.1 Å². The highest BCUT2D eigenvalue weighted by Gasteiger charge is 2.32. The van der Waals surface area contributed by atoms with Gasteiger partial charge in [-0.2, -0.15) is 0 Å². The predicted octanol–water partition coefficient (Wildman–Crippen LogP) is 0.716. The van der Waals surface area contributed by atoms with Gasteiger partial charge in [0.25, 0.3) is 0 Å². The number of hydrogen-bond donors (Lipinski definition) is 2. The zero-order chi connectivity index (χ0) is 18.0. The summed E-state index contributed by atoms with van der Waals surface area (Å²) in [5.74, 6) is -1.34. The number of ether oxygens (including phenoxy) is 3. The minimum atomic E-state index is -0.674. The maximum Gasteiger partial charge on any atom is 0.355 e. The molecule has 0 saturated carbocycles. The first-order valence-electron chi connectivity index (χ1n) is 7.48. The summed E-state index contributed by atoms with van der Waals surface area (Å²) in [5, 5.41) is 5.37. The molecule has 1 aromatic rings. The molecule has 132 valence electrons. The summed E-state index contributed by atoms with van der Waals surface area (Å²) in [5.41, 5.74) is 2.22. The van der Waals surface area contributed by atoms with Crippen molar-refractivity contribution in [1.82, 2.24) is 5.32 Å². The Morgan fingerprint density at radius 3 is 2.68 bits per heavy atom. The molecule has 2 amide bonds. The van der Waals surface area contributed by atoms with E-state index < -0.39 is 11.9 Å². The summed E-state index contributed by atoms with van der Waals surface area (Å²) < 4.78 is 15.0. The second-order valence-electron chi connectivity index (χ2n) is 5.37. The fourth-order valence-corrected chi connectivity index (χ4v) is 2.69. The lowest BCUT2D eigenvalue weighted by molar-refractivity contribution is -0.140. The lowest BCUT2D eigenvalue weighted by atomic mass is 10.1. The number of esters is 2. The van der Waals surface area contributed by atoms with Crippen molar-refractivity contribution in [2.75, 3.05) is 37.8 Å². The molecule has 0 fully saturated rings. The number of benzene rings is 1. The molecule has 0 saturated heterocycles. The number of nitrogens with one attached hydrogen (secondary N) is 2. The van der Waals surface area contributed by atoms with Crippen molar-refractivity contribution in [3.8, 4) is 0 Å². The maximum atomic E-state index is 12.3. The van der Waals surface area contributed by atoms with E-state index in [2.05, 4.69) is 10.6 Å². The Labute approximate surface area is 143 Å². The largest absolute Gasteiger partial charge is 0.466 e. The third-order valence-corrected chi connectivity index (χ3v) is 3.93. The van der Waals surface area contributed by atoms with Crippen LogP contribution in [-0.2, 0) is 30.3 Å². The van der Waals surface area contributed by atoms with Crippen molar-refractivity contribution in [3.05, 3.63) is 35.0 Å². The van der Waals surface area contributed by atoms with E-state index in [1.807, 2.05) is 6.07 Å². The van der Waals surface area contributed by atoms with Gasteiger partial charge in [-0.3, -0.25) is 0 Å². The van der Waals surface area contributed by atoms with Gasteiger partial charge in [-0.1, -0.05) is 6.07 Å². The number of hydrogen-bond acceptors (Lipinski definition) is 7. The van der Waals surface area contributed by atoms with Crippen LogP contribution in [0.5, 0.6) is 0 Å². The smallest absolute Gasteiger partial charge is 0.355 e. The normalized spacial score (nSPS) is 16.6. The molecule has 0 aliphatic carbocycles. The van der Waals surface area contributed by atoms with Gasteiger partial charge in [0.05, 0.1) is 26.4 Å². The fraction of sp³-hybridized carbons (Fsp3) is 0.312. The summed E-state index contributed by atoms with van der Waals surface area (Å²) in [7, 11) is 2.46. The van der Waals surface area contributed by atoms with Crippen LogP contribution in [0.2, 0.25) is 0 Å². The molecule has 0 aromatic heterocycles. The molecule has 1 aromatic carbocycles. The topological polar surface area (TPSA) is 106 Å². The number of nitrogens with zero attached hydrogens (tertiary/aromatic N) is 1. The van der Waals surface area contributed by atoms with Crippen molar-refractivity contribution in [3.63, 3.8) is 0 Å². The third kappa shape index (κ3) is 3.13. The first-order valence-corrected chi connectivity index (χ1v) is 7.48. The zero-order valence-corrected chi connectivity index (χ0v) is 13.8. The minimum absolute atomic E-state index is 0.0515. The maximum absolute atomic E-state index is 12.3. The molecule has 2 aliphatic heterocycles. The van der Waals surface area contributed by atoms with Crippen molar-refractivity contribution >= 4 is 29.3 Å². The number of methoxy groups -OCH3 is 2. The zero-order valence-electron chi connectivity index (χ0n) is 13.8. The standard InChI is InChI=1S/C16H17N3O6/c1-23-14(20)11-7-25-8-19(13(11)15(21)24-2)10-4-3-9-6-17-16(22)18-12(9)5-10/h3-5H,6-8H2,1-2H3,(H2,17,18,22). The third-order valence-electron chi connectivity index (χ3n) is 3.93. The Morgan fingerprint density at radius 1 is 1.20 bits per heavy atom. The molecule has 25 heavy (non-hydrogen) atoms. The van der Waals surface area contributed by atoms with Gasteiger partial charge >= 0.3 is 18.0 Å². The molecule has 2 heterocycles. The molecule has 0 radical (unpaired) electrons. The average Bonchev–Trinajstić information content (AvgIpc) is 2.65. The van der Waals surface area contributed by atoms with Crippen LogP contribution in [-0.4, -0.2) is 45.5 Å². The Morgan fingerprint density at radius 2 is 1.96 bits per heavy atom. The number of urea groups is 1. The summed E-state index contributed by atoms with van der Waals surface area (Å²) in [6.45, 7) is 0.403. The molecule has 0 spiro atoms. The minimum Gasteiger partial charge on any atom is -0.466 e. The van der Waals surface area contributed by atoms with Crippen LogP contribution < -0.4 is 15.5 Å². The van der Waals surface area contributed by atoms with E-state index in [0.717, 1.165) is 5.56 Å². The quantitative estimate of drug-likeness (QED) is 0.776. The predicted molar refractivity (Wildman–Crippen MR) is 86.7 cm³/mol. The Hall–Kier alpha value is -3.07. The summed E-state index contributed by atoms with van der Waals surface area (Å²) in [4.78, 5) is 37.3. The van der Waals surface area contributed by atoms with Crippen LogP contribution in [0.15, 0.2) is 29.5 Å². The molecular weight excluding hydrogens is 330 g/mol. The van der Waals surface area contributed by atoms with Gasteiger partial charge in [0.1, 0.15) is 12.4 Å². The first kappa shape index (κ1) is 16.8. The second-order valence-corrected chi connectivity index (χ2v) is 5.37. The number of carbonyl (C=O) groups excluding carboxylic acids is 3. The van der Waals surface area contributed by atoms with Gasteiger partial charge in [0.15, 0.2) is 0 Å². The molecule has 0 unspecified atom stereocenters. The van der Waals surface area contributed by atoms with Gasteiger partial charge in [-0.15, -0.1) is 0 Å². The molecule has 9 nitrogen and oxygen atoms in total. The van der Waals surface area contributed by atoms with E-state index in [0.29, 0.717) is 17.9 Å². The lowest BCUT2D eigenvalue weighted by Crippen LogP contribution is -2.39. The van der Waals surface area contributed by atoms with E-state index in [1.165, 1.54) is 19.1 Å². The summed E-state index contributed by atoms with van der Waals surface area (Å²) in [6, 6.07) is 4.99. The van der Waals surface area contributed by atoms with Crippen LogP contribution in [0.1, 0.15) is 5.56 Å².